The summed E-state index contributed by atoms with van der Waals surface area (Å²) in [6.45, 7) is 6.36. The Morgan fingerprint density at radius 2 is 1.70 bits per heavy atom. The summed E-state index contributed by atoms with van der Waals surface area (Å²) in [4.78, 5) is 34.2. The number of nitrogens with one attached hydrogen (secondary N) is 2. The number of benzene rings is 1. The van der Waals surface area contributed by atoms with Gasteiger partial charge in [-0.15, -0.1) is 0 Å². The lowest BCUT2D eigenvalue weighted by Crippen LogP contribution is -2.40. The first-order chi connectivity index (χ1) is 21.1. The summed E-state index contributed by atoms with van der Waals surface area (Å²) in [6, 6.07) is 9.04. The Balaban J connectivity index is 1.28. The predicted molar refractivity (Wildman–Crippen MR) is 171 cm³/mol. The molecule has 240 valence electrons. The first-order valence-corrected chi connectivity index (χ1v) is 16.5. The van der Waals surface area contributed by atoms with Crippen molar-refractivity contribution in [1.82, 2.24) is 4.98 Å². The molecule has 44 heavy (non-hydrogen) atoms. The maximum atomic E-state index is 13.8. The van der Waals surface area contributed by atoms with Gasteiger partial charge in [0.25, 0.3) is 11.8 Å². The van der Waals surface area contributed by atoms with Crippen LogP contribution in [-0.2, 0) is 9.53 Å². The molecule has 1 aromatic carbocycles. The van der Waals surface area contributed by atoms with Gasteiger partial charge in [-0.25, -0.2) is 13.8 Å². The number of methoxy groups -OCH3 is 1. The molecule has 2 aromatic rings. The van der Waals surface area contributed by atoms with Crippen LogP contribution >= 0.6 is 11.9 Å². The lowest BCUT2D eigenvalue weighted by molar-refractivity contribution is -0.143. The molecule has 0 atom stereocenters. The minimum absolute atomic E-state index is 0.154. The van der Waals surface area contributed by atoms with Crippen LogP contribution in [0.15, 0.2) is 30.3 Å². The van der Waals surface area contributed by atoms with Crippen LogP contribution in [0.4, 0.5) is 31.8 Å². The van der Waals surface area contributed by atoms with Crippen molar-refractivity contribution in [2.75, 3.05) is 65.5 Å². The van der Waals surface area contributed by atoms with E-state index in [1.54, 1.807) is 17.0 Å². The molecule has 1 saturated carbocycles. The number of amides is 1. The van der Waals surface area contributed by atoms with Gasteiger partial charge in [-0.1, -0.05) is 13.8 Å². The van der Waals surface area contributed by atoms with Crippen molar-refractivity contribution in [3.63, 3.8) is 0 Å². The van der Waals surface area contributed by atoms with Crippen LogP contribution < -0.4 is 24.6 Å². The highest BCUT2D eigenvalue weighted by Gasteiger charge is 2.44. The van der Waals surface area contributed by atoms with E-state index in [2.05, 4.69) is 19.9 Å². The van der Waals surface area contributed by atoms with Crippen LogP contribution in [0.3, 0.4) is 0 Å². The predicted octanol–water partition coefficient (Wildman–Crippen LogP) is 6.61. The van der Waals surface area contributed by atoms with E-state index in [0.717, 1.165) is 37.3 Å². The monoisotopic (exact) mass is 631 g/mol. The Kier molecular flexibility index (Phi) is 10.1. The highest BCUT2D eigenvalue weighted by atomic mass is 32.2. The molecule has 1 aliphatic carbocycles. The minimum Gasteiger partial charge on any atom is -0.493 e. The summed E-state index contributed by atoms with van der Waals surface area (Å²) in [5.74, 6) is -1.07. The third kappa shape index (κ3) is 8.25. The summed E-state index contributed by atoms with van der Waals surface area (Å²) in [7, 11) is 1.52. The van der Waals surface area contributed by atoms with Crippen molar-refractivity contribution in [2.24, 2.45) is 11.3 Å². The van der Waals surface area contributed by atoms with Gasteiger partial charge in [0, 0.05) is 56.9 Å². The Morgan fingerprint density at radius 1 is 1.00 bits per heavy atom. The van der Waals surface area contributed by atoms with Gasteiger partial charge in [-0.3, -0.25) is 9.59 Å². The number of esters is 1. The normalized spacial score (nSPS) is 18.7. The van der Waals surface area contributed by atoms with Crippen molar-refractivity contribution in [3.05, 3.63) is 35.9 Å². The smallest absolute Gasteiger partial charge is 0.306 e. The van der Waals surface area contributed by atoms with E-state index >= 15 is 0 Å². The highest BCUT2D eigenvalue weighted by molar-refractivity contribution is 8.00. The van der Waals surface area contributed by atoms with Crippen LogP contribution in [0.1, 0.15) is 69.2 Å². The molecule has 0 bridgehead atoms. The van der Waals surface area contributed by atoms with E-state index in [1.165, 1.54) is 31.9 Å². The number of hydrogen-bond donors (Lipinski definition) is 2. The van der Waals surface area contributed by atoms with E-state index < -0.39 is 5.92 Å². The third-order valence-electron chi connectivity index (χ3n) is 8.67. The number of carbonyl (C=O) groups is 2. The minimum atomic E-state index is -2.68. The maximum Gasteiger partial charge on any atom is 0.306 e. The summed E-state index contributed by atoms with van der Waals surface area (Å²) in [5.41, 5.74) is 2.72. The van der Waals surface area contributed by atoms with Gasteiger partial charge in [0.15, 0.2) is 11.6 Å². The van der Waals surface area contributed by atoms with Crippen molar-refractivity contribution >= 4 is 46.8 Å². The largest absolute Gasteiger partial charge is 0.493 e. The topological polar surface area (TPSA) is 96.0 Å². The highest BCUT2D eigenvalue weighted by Crippen LogP contribution is 2.54. The fraction of sp³-hybridized carbons (Fsp3) is 0.594. The summed E-state index contributed by atoms with van der Waals surface area (Å²) in [6.07, 6.45) is 4.70. The zero-order valence-corrected chi connectivity index (χ0v) is 26.6. The molecule has 0 unspecified atom stereocenters. The van der Waals surface area contributed by atoms with Crippen LogP contribution in [0.5, 0.6) is 5.75 Å². The lowest BCUT2D eigenvalue weighted by atomic mass is 9.93. The molecule has 3 aliphatic rings. The van der Waals surface area contributed by atoms with Crippen LogP contribution in [0.2, 0.25) is 0 Å². The second-order valence-electron chi connectivity index (χ2n) is 12.5. The summed E-state index contributed by atoms with van der Waals surface area (Å²) in [5, 5.41) is 2.94. The molecule has 3 fully saturated rings. The number of piperidine rings is 2. The van der Waals surface area contributed by atoms with Gasteiger partial charge in [0.05, 0.1) is 18.4 Å². The van der Waals surface area contributed by atoms with Crippen LogP contribution in [0.25, 0.3) is 0 Å². The van der Waals surface area contributed by atoms with Crippen LogP contribution in [0, 0.1) is 11.3 Å². The van der Waals surface area contributed by atoms with E-state index in [4.69, 9.17) is 9.47 Å². The zero-order valence-electron chi connectivity index (χ0n) is 25.8. The molecular weight excluding hydrogens is 588 g/mol. The van der Waals surface area contributed by atoms with Gasteiger partial charge in [0.2, 0.25) is 0 Å². The molecule has 1 spiro atoms. The number of aromatic nitrogens is 1. The number of pyridine rings is 1. The van der Waals surface area contributed by atoms with Crippen molar-refractivity contribution in [2.45, 2.75) is 64.7 Å². The number of carbonyl (C=O) groups excluding carboxylic acids is 2. The summed E-state index contributed by atoms with van der Waals surface area (Å²) < 4.78 is 41.7. The molecule has 2 aliphatic heterocycles. The zero-order chi connectivity index (χ0) is 31.3. The lowest BCUT2D eigenvalue weighted by Gasteiger charge is -2.35. The van der Waals surface area contributed by atoms with Crippen molar-refractivity contribution in [3.8, 4) is 5.75 Å². The fourth-order valence-corrected chi connectivity index (χ4v) is 6.35. The SMILES string of the molecule is COc1ccc(NC(=O)c2ccc(NSCCOC(=O)CC(C)C)cc2N2CCC3(CC2)CC3)nc1N1CCC(F)(F)CC1. The molecule has 0 radical (unpaired) electrons. The molecular formula is C32H43F2N5O4S. The molecule has 1 amide bonds. The van der Waals surface area contributed by atoms with Gasteiger partial charge >= 0.3 is 5.97 Å². The quantitative estimate of drug-likeness (QED) is 0.152. The first-order valence-electron chi connectivity index (χ1n) is 15.5. The molecule has 12 heteroatoms. The molecule has 1 aromatic heterocycles. The molecule has 2 saturated heterocycles. The number of nitrogens with zero attached hydrogens (tertiary/aromatic N) is 3. The van der Waals surface area contributed by atoms with Gasteiger partial charge in [-0.05, 0) is 79.3 Å². The molecule has 9 nitrogen and oxygen atoms in total. The van der Waals surface area contributed by atoms with Crippen LogP contribution in [-0.4, -0.2) is 68.4 Å². The number of ether oxygens (including phenoxy) is 2. The average molecular weight is 632 g/mol. The Hall–Kier alpha value is -3.28. The van der Waals surface area contributed by atoms with E-state index in [0.29, 0.717) is 47.1 Å². The number of alkyl halides is 2. The number of hydrogen-bond acceptors (Lipinski definition) is 9. The standard InChI is InChI=1S/C32H43F2N5O4S/c1-22(2)20-28(40)43-18-19-44-37-23-4-5-24(25(21-23)38-14-10-31(8-9-31)11-15-38)30(41)36-27-7-6-26(42-3)29(35-27)39-16-12-32(33,34)13-17-39/h4-7,21-22,37H,8-20H2,1-3H3,(H,35,36,41). The number of halogens is 2. The Bertz CT molecular complexity index is 1320. The Morgan fingerprint density at radius 3 is 2.36 bits per heavy atom. The first kappa shape index (κ1) is 32.1. The fourth-order valence-electron chi connectivity index (χ4n) is 5.79. The molecule has 5 rings (SSSR count). The van der Waals surface area contributed by atoms with Gasteiger partial charge in [0.1, 0.15) is 12.4 Å². The number of anilines is 4. The van der Waals surface area contributed by atoms with E-state index in [-0.39, 0.29) is 43.7 Å². The van der Waals surface area contributed by atoms with Gasteiger partial charge < -0.3 is 29.3 Å². The second-order valence-corrected chi connectivity index (χ2v) is 13.4. The molecule has 3 heterocycles. The van der Waals surface area contributed by atoms with E-state index in [9.17, 15) is 18.4 Å². The van der Waals surface area contributed by atoms with Crippen molar-refractivity contribution < 1.29 is 27.8 Å². The molecule has 2 N–H and O–H groups in total. The Labute approximate surface area is 262 Å². The summed E-state index contributed by atoms with van der Waals surface area (Å²) >= 11 is 1.45. The average Bonchev–Trinajstić information content (AvgIpc) is 3.75. The maximum absolute atomic E-state index is 13.8. The van der Waals surface area contributed by atoms with Gasteiger partial charge in [-0.2, -0.15) is 0 Å². The van der Waals surface area contributed by atoms with E-state index in [1.807, 2.05) is 32.0 Å². The van der Waals surface area contributed by atoms with Crippen molar-refractivity contribution in [1.29, 1.82) is 0 Å². The number of rotatable bonds is 12. The third-order valence-corrected chi connectivity index (χ3v) is 9.42. The second kappa shape index (κ2) is 13.8.